The van der Waals surface area contributed by atoms with Crippen molar-refractivity contribution in [3.63, 3.8) is 0 Å². The van der Waals surface area contributed by atoms with Gasteiger partial charge in [-0.15, -0.1) is 11.3 Å². The largest absolute Gasteiger partial charge is 0.337 e. The van der Waals surface area contributed by atoms with Crippen LogP contribution in [-0.4, -0.2) is 28.5 Å². The molecule has 2 atom stereocenters. The maximum absolute atomic E-state index is 12.9. The zero-order valence-electron chi connectivity index (χ0n) is 16.3. The Bertz CT molecular complexity index is 1160. The number of piperidine rings is 1. The van der Waals surface area contributed by atoms with Gasteiger partial charge in [-0.25, -0.2) is 0 Å². The Kier molecular flexibility index (Phi) is 5.09. The topological polar surface area (TPSA) is 42.3 Å². The number of amides is 1. The minimum atomic E-state index is 0.0429. The molecule has 2 aliphatic heterocycles. The molecule has 0 N–H and O–H groups in total. The van der Waals surface area contributed by atoms with E-state index in [1.807, 2.05) is 63.4 Å². The molecule has 0 spiro atoms. The Morgan fingerprint density at radius 1 is 1.03 bits per heavy atom. The lowest BCUT2D eigenvalue weighted by Crippen LogP contribution is -2.49. The first-order valence-corrected chi connectivity index (χ1v) is 11.3. The Labute approximate surface area is 184 Å². The van der Waals surface area contributed by atoms with Crippen LogP contribution in [0.3, 0.4) is 0 Å². The summed E-state index contributed by atoms with van der Waals surface area (Å²) in [5, 5.41) is 2.64. The Morgan fingerprint density at radius 2 is 1.87 bits per heavy atom. The normalized spacial score (nSPS) is 20.4. The standard InChI is InChI=1S/C24H21ClN2O2S/c25-20-8-4-16(5-9-20)3-6-18-7-10-22(28)27-14-17-12-19(23(18)27)15-26(13-17)24(29)21-2-1-11-30-21/h1-11,17,19H,12-15H2/b6-3+/t17-,19+/m0/s1. The van der Waals surface area contributed by atoms with E-state index in [1.54, 1.807) is 6.07 Å². The fourth-order valence-electron chi connectivity index (χ4n) is 4.67. The number of halogens is 1. The van der Waals surface area contributed by atoms with Crippen LogP contribution in [0.1, 0.15) is 38.8 Å². The van der Waals surface area contributed by atoms with Crippen LogP contribution >= 0.6 is 22.9 Å². The van der Waals surface area contributed by atoms with Gasteiger partial charge in [-0.3, -0.25) is 9.59 Å². The highest BCUT2D eigenvalue weighted by molar-refractivity contribution is 7.12. The highest BCUT2D eigenvalue weighted by atomic mass is 35.5. The molecule has 0 saturated carbocycles. The molecule has 1 saturated heterocycles. The minimum Gasteiger partial charge on any atom is -0.337 e. The lowest BCUT2D eigenvalue weighted by Gasteiger charge is -2.43. The van der Waals surface area contributed by atoms with E-state index in [-0.39, 0.29) is 17.4 Å². The molecular formula is C24H21ClN2O2S. The van der Waals surface area contributed by atoms with Gasteiger partial charge in [-0.05, 0) is 53.1 Å². The van der Waals surface area contributed by atoms with Crippen molar-refractivity contribution in [2.24, 2.45) is 5.92 Å². The van der Waals surface area contributed by atoms with Gasteiger partial charge >= 0.3 is 0 Å². The number of aromatic nitrogens is 1. The molecule has 152 valence electrons. The van der Waals surface area contributed by atoms with E-state index in [4.69, 9.17) is 11.6 Å². The predicted molar refractivity (Wildman–Crippen MR) is 122 cm³/mol. The summed E-state index contributed by atoms with van der Waals surface area (Å²) in [5.41, 5.74) is 3.18. The van der Waals surface area contributed by atoms with Crippen molar-refractivity contribution in [2.75, 3.05) is 13.1 Å². The summed E-state index contributed by atoms with van der Waals surface area (Å²) in [6.07, 6.45) is 5.12. The van der Waals surface area contributed by atoms with Gasteiger partial charge in [0.1, 0.15) is 0 Å². The molecule has 6 heteroatoms. The van der Waals surface area contributed by atoms with Gasteiger partial charge in [0.2, 0.25) is 0 Å². The Hall–Kier alpha value is -2.63. The third-order valence-corrected chi connectivity index (χ3v) is 7.08. The number of likely N-dealkylation sites (tertiary alicyclic amines) is 1. The van der Waals surface area contributed by atoms with E-state index in [9.17, 15) is 9.59 Å². The number of pyridine rings is 1. The third-order valence-electron chi connectivity index (χ3n) is 5.97. The van der Waals surface area contributed by atoms with Crippen LogP contribution in [0.15, 0.2) is 58.7 Å². The molecule has 2 aliphatic rings. The number of benzene rings is 1. The molecule has 5 rings (SSSR count). The van der Waals surface area contributed by atoms with Crippen LogP contribution < -0.4 is 5.56 Å². The van der Waals surface area contributed by atoms with E-state index in [0.717, 1.165) is 28.1 Å². The summed E-state index contributed by atoms with van der Waals surface area (Å²) in [5.74, 6) is 0.582. The van der Waals surface area contributed by atoms with E-state index in [0.29, 0.717) is 30.6 Å². The number of carbonyl (C=O) groups excluding carboxylic acids is 1. The highest BCUT2D eigenvalue weighted by Gasteiger charge is 2.37. The van der Waals surface area contributed by atoms with Crippen LogP contribution in [0.2, 0.25) is 5.02 Å². The van der Waals surface area contributed by atoms with Gasteiger partial charge in [-0.1, -0.05) is 42.0 Å². The maximum atomic E-state index is 12.9. The number of hydrogen-bond donors (Lipinski definition) is 0. The van der Waals surface area contributed by atoms with Gasteiger partial charge in [0.25, 0.3) is 11.5 Å². The molecule has 4 heterocycles. The van der Waals surface area contributed by atoms with Crippen molar-refractivity contribution < 1.29 is 4.79 Å². The average Bonchev–Trinajstić information content (AvgIpc) is 3.29. The van der Waals surface area contributed by atoms with Crippen LogP contribution in [-0.2, 0) is 6.54 Å². The van der Waals surface area contributed by atoms with Crippen molar-refractivity contribution in [1.29, 1.82) is 0 Å². The third kappa shape index (κ3) is 3.64. The van der Waals surface area contributed by atoms with Gasteiger partial charge in [0, 0.05) is 42.3 Å². The van der Waals surface area contributed by atoms with Crippen molar-refractivity contribution in [2.45, 2.75) is 18.9 Å². The van der Waals surface area contributed by atoms with Gasteiger partial charge in [0.05, 0.1) is 4.88 Å². The quantitative estimate of drug-likeness (QED) is 0.580. The monoisotopic (exact) mass is 436 g/mol. The second kappa shape index (κ2) is 7.89. The first kappa shape index (κ1) is 19.3. The molecule has 2 aromatic heterocycles. The number of nitrogens with zero attached hydrogens (tertiary/aromatic N) is 2. The zero-order valence-corrected chi connectivity index (χ0v) is 17.9. The Morgan fingerprint density at radius 3 is 2.63 bits per heavy atom. The molecule has 1 amide bonds. The van der Waals surface area contributed by atoms with Crippen LogP contribution in [0.25, 0.3) is 12.2 Å². The Balaban J connectivity index is 1.48. The van der Waals surface area contributed by atoms with Gasteiger partial charge < -0.3 is 9.47 Å². The fourth-order valence-corrected chi connectivity index (χ4v) is 5.49. The first-order valence-electron chi connectivity index (χ1n) is 10.1. The average molecular weight is 437 g/mol. The number of rotatable bonds is 3. The lowest BCUT2D eigenvalue weighted by molar-refractivity contribution is 0.0599. The smallest absolute Gasteiger partial charge is 0.263 e. The van der Waals surface area contributed by atoms with Crippen LogP contribution in [0, 0.1) is 5.92 Å². The van der Waals surface area contributed by atoms with Crippen molar-refractivity contribution in [3.8, 4) is 0 Å². The van der Waals surface area contributed by atoms with E-state index >= 15 is 0 Å². The molecule has 2 bridgehead atoms. The molecular weight excluding hydrogens is 416 g/mol. The van der Waals surface area contributed by atoms with Gasteiger partial charge in [-0.2, -0.15) is 0 Å². The van der Waals surface area contributed by atoms with Crippen molar-refractivity contribution in [1.82, 2.24) is 9.47 Å². The number of carbonyl (C=O) groups is 1. The lowest BCUT2D eigenvalue weighted by atomic mass is 9.81. The summed E-state index contributed by atoms with van der Waals surface area (Å²) < 4.78 is 1.92. The number of fused-ring (bicyclic) bond motifs is 4. The predicted octanol–water partition coefficient (Wildman–Crippen LogP) is 4.99. The van der Waals surface area contributed by atoms with Crippen LogP contribution in [0.5, 0.6) is 0 Å². The van der Waals surface area contributed by atoms with E-state index in [2.05, 4.69) is 6.08 Å². The molecule has 30 heavy (non-hydrogen) atoms. The summed E-state index contributed by atoms with van der Waals surface area (Å²) in [6.45, 7) is 2.03. The fraction of sp³-hybridized carbons (Fsp3) is 0.250. The summed E-state index contributed by atoms with van der Waals surface area (Å²) >= 11 is 7.47. The molecule has 1 fully saturated rings. The second-order valence-corrected chi connectivity index (χ2v) is 9.38. The van der Waals surface area contributed by atoms with Crippen LogP contribution in [0.4, 0.5) is 0 Å². The summed E-state index contributed by atoms with van der Waals surface area (Å²) in [4.78, 5) is 28.3. The molecule has 0 aliphatic carbocycles. The van der Waals surface area contributed by atoms with E-state index in [1.165, 1.54) is 11.3 Å². The van der Waals surface area contributed by atoms with Crippen molar-refractivity contribution in [3.05, 3.63) is 91.0 Å². The molecule has 1 aromatic carbocycles. The SMILES string of the molecule is O=C(c1cccs1)N1C[C@@H]2C[C@H](C1)c1c(/C=C/c3ccc(Cl)cc3)ccc(=O)n1C2. The summed E-state index contributed by atoms with van der Waals surface area (Å²) in [6, 6.07) is 15.0. The molecule has 3 aromatic rings. The number of hydrogen-bond acceptors (Lipinski definition) is 3. The van der Waals surface area contributed by atoms with E-state index < -0.39 is 0 Å². The zero-order chi connectivity index (χ0) is 20.7. The second-order valence-electron chi connectivity index (χ2n) is 7.99. The first-order chi connectivity index (χ1) is 14.6. The number of thiophene rings is 1. The maximum Gasteiger partial charge on any atom is 0.263 e. The highest BCUT2D eigenvalue weighted by Crippen LogP contribution is 2.38. The minimum absolute atomic E-state index is 0.0429. The molecule has 0 unspecified atom stereocenters. The molecule has 0 radical (unpaired) electrons. The van der Waals surface area contributed by atoms with Gasteiger partial charge in [0.15, 0.2) is 0 Å². The van der Waals surface area contributed by atoms with Crippen molar-refractivity contribution >= 4 is 41.0 Å². The molecule has 4 nitrogen and oxygen atoms in total. The summed E-state index contributed by atoms with van der Waals surface area (Å²) in [7, 11) is 0.